The Bertz CT molecular complexity index is 2640. The quantitative estimate of drug-likeness (QED) is 0.180. The van der Waals surface area contributed by atoms with Gasteiger partial charge in [-0.3, -0.25) is 0 Å². The summed E-state index contributed by atoms with van der Waals surface area (Å²) in [4.78, 5) is 2.35. The van der Waals surface area contributed by atoms with Gasteiger partial charge in [0, 0.05) is 17.1 Å². The van der Waals surface area contributed by atoms with Crippen LogP contribution in [0.4, 0.5) is 17.1 Å². The fraction of sp³-hybridized carbons (Fsp3) is 0.0400. The average Bonchev–Trinajstić information content (AvgIpc) is 3.68. The van der Waals surface area contributed by atoms with Crippen molar-refractivity contribution in [2.45, 2.75) is 11.8 Å². The summed E-state index contributed by atoms with van der Waals surface area (Å²) in [5.41, 5.74) is 22.1. The van der Waals surface area contributed by atoms with Crippen molar-refractivity contribution in [1.29, 1.82) is 0 Å². The summed E-state index contributed by atoms with van der Waals surface area (Å²) in [7, 11) is 0. The number of benzene rings is 7. The lowest BCUT2D eigenvalue weighted by atomic mass is 9.72. The maximum Gasteiger partial charge on any atom is 0.0737 e. The van der Waals surface area contributed by atoms with E-state index in [-0.39, 0.29) is 5.41 Å². The standard InChI is InChI=1S/C50H33N/c1-3-13-33(14-4-1)35-15-11-18-39(31-35)51(37-16-5-2-6-17-37)38-28-25-34(26-29-38)36-27-30-41-43-22-12-23-45-44-21-8-7-20-42-40-19-9-10-24-46(40)50(48(42)44,49(43)45)47(41)32-36/h1-7,9-32H,8H2. The van der Waals surface area contributed by atoms with Crippen LogP contribution in [0.2, 0.25) is 0 Å². The Labute approximate surface area is 298 Å². The normalized spacial score (nSPS) is 17.0. The summed E-state index contributed by atoms with van der Waals surface area (Å²) >= 11 is 0. The van der Waals surface area contributed by atoms with Gasteiger partial charge in [0.05, 0.1) is 5.41 Å². The molecule has 1 heteroatoms. The molecule has 0 saturated carbocycles. The van der Waals surface area contributed by atoms with Crippen LogP contribution in [-0.2, 0) is 5.41 Å². The van der Waals surface area contributed by atoms with Gasteiger partial charge in [-0.05, 0) is 127 Å². The Morgan fingerprint density at radius 2 is 1.06 bits per heavy atom. The second kappa shape index (κ2) is 10.8. The third-order valence-corrected chi connectivity index (χ3v) is 11.4. The number of allylic oxidation sites excluding steroid dienone is 6. The Kier molecular flexibility index (Phi) is 6.00. The topological polar surface area (TPSA) is 3.24 Å². The van der Waals surface area contributed by atoms with E-state index in [1.54, 1.807) is 0 Å². The third kappa shape index (κ3) is 3.92. The fourth-order valence-electron chi connectivity index (χ4n) is 9.39. The Morgan fingerprint density at radius 1 is 0.431 bits per heavy atom. The fourth-order valence-corrected chi connectivity index (χ4v) is 9.39. The molecule has 0 heterocycles. The number of nitrogens with zero attached hydrogens (tertiary/aromatic N) is 1. The van der Waals surface area contributed by atoms with Crippen molar-refractivity contribution in [2.24, 2.45) is 0 Å². The van der Waals surface area contributed by atoms with Crippen molar-refractivity contribution in [3.05, 3.63) is 221 Å². The van der Waals surface area contributed by atoms with Gasteiger partial charge in [-0.15, -0.1) is 0 Å². The molecule has 1 nitrogen and oxygen atoms in total. The average molecular weight is 648 g/mol. The largest absolute Gasteiger partial charge is 0.310 e. The number of fused-ring (bicyclic) bond motifs is 5. The van der Waals surface area contributed by atoms with Gasteiger partial charge in [-0.1, -0.05) is 146 Å². The van der Waals surface area contributed by atoms with Crippen LogP contribution in [0, 0.1) is 0 Å². The molecule has 0 fully saturated rings. The van der Waals surface area contributed by atoms with E-state index in [4.69, 9.17) is 0 Å². The molecule has 7 aromatic rings. The van der Waals surface area contributed by atoms with Crippen LogP contribution in [0.3, 0.4) is 0 Å². The second-order valence-corrected chi connectivity index (χ2v) is 14.0. The zero-order valence-corrected chi connectivity index (χ0v) is 28.1. The van der Waals surface area contributed by atoms with E-state index in [1.165, 1.54) is 77.9 Å². The van der Waals surface area contributed by atoms with Gasteiger partial charge < -0.3 is 4.90 Å². The maximum absolute atomic E-state index is 2.50. The van der Waals surface area contributed by atoms with E-state index in [9.17, 15) is 0 Å². The van der Waals surface area contributed by atoms with Gasteiger partial charge >= 0.3 is 0 Å². The van der Waals surface area contributed by atoms with Crippen LogP contribution in [-0.4, -0.2) is 0 Å². The second-order valence-electron chi connectivity index (χ2n) is 14.0. The Morgan fingerprint density at radius 3 is 1.92 bits per heavy atom. The number of para-hydroxylation sites is 1. The molecule has 1 unspecified atom stereocenters. The van der Waals surface area contributed by atoms with Crippen molar-refractivity contribution in [2.75, 3.05) is 4.90 Å². The molecule has 0 saturated heterocycles. The summed E-state index contributed by atoms with van der Waals surface area (Å²) in [6.45, 7) is 0. The molecule has 0 aliphatic heterocycles. The monoisotopic (exact) mass is 647 g/mol. The number of anilines is 3. The van der Waals surface area contributed by atoms with Crippen molar-refractivity contribution in [3.63, 3.8) is 0 Å². The van der Waals surface area contributed by atoms with Crippen LogP contribution < -0.4 is 4.90 Å². The zero-order valence-electron chi connectivity index (χ0n) is 28.1. The van der Waals surface area contributed by atoms with Crippen LogP contribution in [0.5, 0.6) is 0 Å². The van der Waals surface area contributed by atoms with E-state index in [0.29, 0.717) is 0 Å². The molecule has 0 N–H and O–H groups in total. The van der Waals surface area contributed by atoms with Crippen LogP contribution in [0.25, 0.3) is 44.5 Å². The molecular formula is C50H33N. The molecular weight excluding hydrogens is 615 g/mol. The smallest absolute Gasteiger partial charge is 0.0737 e. The predicted molar refractivity (Wildman–Crippen MR) is 212 cm³/mol. The number of rotatable bonds is 5. The first-order valence-electron chi connectivity index (χ1n) is 17.9. The van der Waals surface area contributed by atoms with E-state index in [2.05, 4.69) is 193 Å². The Balaban J connectivity index is 1.05. The van der Waals surface area contributed by atoms with Crippen molar-refractivity contribution in [1.82, 2.24) is 0 Å². The van der Waals surface area contributed by atoms with E-state index in [0.717, 1.165) is 23.5 Å². The first kappa shape index (κ1) is 28.4. The highest BCUT2D eigenvalue weighted by Gasteiger charge is 2.58. The molecule has 4 aliphatic carbocycles. The third-order valence-electron chi connectivity index (χ3n) is 11.4. The molecule has 1 atom stereocenters. The molecule has 51 heavy (non-hydrogen) atoms. The van der Waals surface area contributed by atoms with Crippen LogP contribution in [0.1, 0.15) is 34.2 Å². The lowest BCUT2D eigenvalue weighted by molar-refractivity contribution is 0.812. The van der Waals surface area contributed by atoms with E-state index < -0.39 is 0 Å². The van der Waals surface area contributed by atoms with Crippen molar-refractivity contribution < 1.29 is 0 Å². The molecule has 0 radical (unpaired) electrons. The zero-order chi connectivity index (χ0) is 33.5. The van der Waals surface area contributed by atoms with E-state index in [1.807, 2.05) is 0 Å². The SMILES string of the molecule is C1=CC2=C3C(=CC1)c1cccc4c1C3(c1ccccc12)c1cc(-c2ccc(N(c3ccccc3)c3cccc(-c5ccccc5)c3)cc2)ccc1-4. The van der Waals surface area contributed by atoms with Gasteiger partial charge in [-0.25, -0.2) is 0 Å². The molecule has 4 aliphatic rings. The minimum absolute atomic E-state index is 0.280. The highest BCUT2D eigenvalue weighted by atomic mass is 15.1. The molecule has 7 aromatic carbocycles. The van der Waals surface area contributed by atoms with Crippen molar-refractivity contribution in [3.8, 4) is 33.4 Å². The van der Waals surface area contributed by atoms with E-state index >= 15 is 0 Å². The van der Waals surface area contributed by atoms with Gasteiger partial charge in [0.15, 0.2) is 0 Å². The number of hydrogen-bond donors (Lipinski definition) is 0. The molecule has 0 amide bonds. The first-order valence-corrected chi connectivity index (χ1v) is 17.9. The summed E-state index contributed by atoms with van der Waals surface area (Å²) < 4.78 is 0. The maximum atomic E-state index is 2.50. The minimum Gasteiger partial charge on any atom is -0.310 e. The summed E-state index contributed by atoms with van der Waals surface area (Å²) in [5, 5.41) is 0. The predicted octanol–water partition coefficient (Wildman–Crippen LogP) is 12.9. The molecule has 0 aromatic heterocycles. The molecule has 1 spiro atoms. The molecule has 0 bridgehead atoms. The van der Waals surface area contributed by atoms with Gasteiger partial charge in [0.2, 0.25) is 0 Å². The molecule has 11 rings (SSSR count). The van der Waals surface area contributed by atoms with Crippen molar-refractivity contribution >= 4 is 28.2 Å². The van der Waals surface area contributed by atoms with Gasteiger partial charge in [-0.2, -0.15) is 0 Å². The summed E-state index contributed by atoms with van der Waals surface area (Å²) in [6, 6.07) is 62.5. The lowest BCUT2D eigenvalue weighted by Gasteiger charge is -2.28. The minimum atomic E-state index is -0.280. The van der Waals surface area contributed by atoms with Gasteiger partial charge in [0.1, 0.15) is 0 Å². The first-order chi connectivity index (χ1) is 25.3. The molecule has 238 valence electrons. The highest BCUT2D eigenvalue weighted by molar-refractivity contribution is 6.12. The summed E-state index contributed by atoms with van der Waals surface area (Å²) in [6.07, 6.45) is 8.13. The van der Waals surface area contributed by atoms with Gasteiger partial charge in [0.25, 0.3) is 0 Å². The Hall–Kier alpha value is -6.44. The van der Waals surface area contributed by atoms with Crippen LogP contribution in [0.15, 0.2) is 194 Å². The number of hydrogen-bond acceptors (Lipinski definition) is 1. The highest BCUT2D eigenvalue weighted by Crippen LogP contribution is 2.70. The lowest BCUT2D eigenvalue weighted by Crippen LogP contribution is -2.24. The van der Waals surface area contributed by atoms with Crippen LogP contribution >= 0.6 is 0 Å². The summed E-state index contributed by atoms with van der Waals surface area (Å²) in [5.74, 6) is 0.